The standard InChI is InChI=1S/C35H40F3NO7/c1-24(2)20-30(39-33(41)45-23-26-12-8-6-9-13-26)31(25(3)21-44-22-27-16-18-29(42-4)19-17-27)46-32(40)34(43-5,35(36,37)38)28-14-10-7-11-15-28/h6-19,24,30-31H,3,20-23H2,1-2,4-5H3,(H,39,41)/t30-,31-,34+/m0/s1. The third-order valence-corrected chi connectivity index (χ3v) is 7.13. The maximum atomic E-state index is 14.7. The highest BCUT2D eigenvalue weighted by atomic mass is 19.4. The Hall–Kier alpha value is -4.35. The summed E-state index contributed by atoms with van der Waals surface area (Å²) in [6, 6.07) is 21.5. The molecule has 0 unspecified atom stereocenters. The van der Waals surface area contributed by atoms with Crippen LogP contribution in [0.3, 0.4) is 0 Å². The zero-order valence-electron chi connectivity index (χ0n) is 26.3. The number of amides is 1. The van der Waals surface area contributed by atoms with Crippen LogP contribution in [0.2, 0.25) is 0 Å². The summed E-state index contributed by atoms with van der Waals surface area (Å²) in [5.41, 5.74) is -2.27. The van der Waals surface area contributed by atoms with Crippen molar-refractivity contribution in [1.29, 1.82) is 0 Å². The van der Waals surface area contributed by atoms with Crippen LogP contribution >= 0.6 is 0 Å². The normalized spacial score (nSPS) is 14.1. The van der Waals surface area contributed by atoms with Crippen LogP contribution in [0.15, 0.2) is 97.1 Å². The second kappa shape index (κ2) is 16.8. The Kier molecular flexibility index (Phi) is 13.2. The first-order chi connectivity index (χ1) is 21.9. The number of carbonyl (C=O) groups excluding carboxylic acids is 2. The number of hydrogen-bond donors (Lipinski definition) is 1. The van der Waals surface area contributed by atoms with Gasteiger partial charge in [-0.3, -0.25) is 0 Å². The molecule has 0 spiro atoms. The number of ether oxygens (including phenoxy) is 5. The van der Waals surface area contributed by atoms with E-state index in [4.69, 9.17) is 23.7 Å². The predicted octanol–water partition coefficient (Wildman–Crippen LogP) is 7.13. The van der Waals surface area contributed by atoms with Crippen LogP contribution in [0.1, 0.15) is 37.0 Å². The highest BCUT2D eigenvalue weighted by molar-refractivity contribution is 5.83. The Morgan fingerprint density at radius 1 is 0.848 bits per heavy atom. The molecule has 0 saturated heterocycles. The largest absolute Gasteiger partial charge is 0.497 e. The molecule has 3 aromatic carbocycles. The van der Waals surface area contributed by atoms with Gasteiger partial charge < -0.3 is 29.0 Å². The second-order valence-corrected chi connectivity index (χ2v) is 11.0. The molecule has 248 valence electrons. The lowest BCUT2D eigenvalue weighted by Gasteiger charge is -2.36. The fraction of sp³-hybridized carbons (Fsp3) is 0.371. The first kappa shape index (κ1) is 36.1. The van der Waals surface area contributed by atoms with E-state index in [-0.39, 0.29) is 37.7 Å². The van der Waals surface area contributed by atoms with Crippen molar-refractivity contribution in [3.05, 3.63) is 114 Å². The third kappa shape index (κ3) is 9.58. The lowest BCUT2D eigenvalue weighted by Crippen LogP contribution is -2.55. The van der Waals surface area contributed by atoms with E-state index in [9.17, 15) is 22.8 Å². The minimum atomic E-state index is -5.20. The number of alkyl carbamates (subject to hydrolysis) is 1. The van der Waals surface area contributed by atoms with Crippen LogP contribution in [0, 0.1) is 5.92 Å². The molecule has 0 fully saturated rings. The van der Waals surface area contributed by atoms with Crippen molar-refractivity contribution in [2.45, 2.75) is 57.4 Å². The van der Waals surface area contributed by atoms with Crippen molar-refractivity contribution in [1.82, 2.24) is 5.32 Å². The third-order valence-electron chi connectivity index (χ3n) is 7.13. The fourth-order valence-electron chi connectivity index (χ4n) is 4.82. The molecule has 11 heteroatoms. The fourth-order valence-corrected chi connectivity index (χ4v) is 4.82. The molecule has 8 nitrogen and oxygen atoms in total. The van der Waals surface area contributed by atoms with Crippen LogP contribution in [0.5, 0.6) is 5.75 Å². The molecule has 3 aromatic rings. The van der Waals surface area contributed by atoms with Gasteiger partial charge in [-0.25, -0.2) is 9.59 Å². The van der Waals surface area contributed by atoms with Crippen molar-refractivity contribution in [3.8, 4) is 5.75 Å². The number of halogens is 3. The Morgan fingerprint density at radius 3 is 1.98 bits per heavy atom. The average molecular weight is 644 g/mol. The van der Waals surface area contributed by atoms with Gasteiger partial charge in [0.25, 0.3) is 5.60 Å². The molecule has 0 saturated carbocycles. The van der Waals surface area contributed by atoms with E-state index in [0.29, 0.717) is 5.75 Å². The minimum absolute atomic E-state index is 0.0493. The Balaban J connectivity index is 1.91. The van der Waals surface area contributed by atoms with Gasteiger partial charge >= 0.3 is 18.2 Å². The van der Waals surface area contributed by atoms with Crippen LogP contribution in [-0.2, 0) is 42.6 Å². The number of hydrogen-bond acceptors (Lipinski definition) is 7. The van der Waals surface area contributed by atoms with E-state index in [1.54, 1.807) is 55.6 Å². The number of nitrogens with one attached hydrogen (secondary N) is 1. The highest BCUT2D eigenvalue weighted by Crippen LogP contribution is 2.43. The summed E-state index contributed by atoms with van der Waals surface area (Å²) in [6.45, 7) is 7.58. The van der Waals surface area contributed by atoms with E-state index >= 15 is 0 Å². The molecule has 0 bridgehead atoms. The van der Waals surface area contributed by atoms with Gasteiger partial charge in [0.2, 0.25) is 0 Å². The molecule has 0 aliphatic heterocycles. The van der Waals surface area contributed by atoms with E-state index < -0.39 is 41.5 Å². The van der Waals surface area contributed by atoms with Crippen molar-refractivity contribution in [2.24, 2.45) is 5.92 Å². The lowest BCUT2D eigenvalue weighted by atomic mass is 9.91. The SMILES string of the molecule is C=C(COCc1ccc(OC)cc1)[C@H](OC(=O)[C@](OC)(c1ccccc1)C(F)(F)F)[C@H](CC(C)C)NC(=O)OCc1ccccc1. The van der Waals surface area contributed by atoms with Gasteiger partial charge in [-0.15, -0.1) is 0 Å². The second-order valence-electron chi connectivity index (χ2n) is 11.0. The summed E-state index contributed by atoms with van der Waals surface area (Å²) in [5.74, 6) is -1.15. The molecule has 46 heavy (non-hydrogen) atoms. The summed E-state index contributed by atoms with van der Waals surface area (Å²) in [5, 5.41) is 2.68. The molecule has 0 heterocycles. The van der Waals surface area contributed by atoms with Gasteiger partial charge in [0.1, 0.15) is 18.5 Å². The Morgan fingerprint density at radius 2 is 1.43 bits per heavy atom. The monoisotopic (exact) mass is 643 g/mol. The van der Waals surface area contributed by atoms with E-state index in [1.807, 2.05) is 19.9 Å². The van der Waals surface area contributed by atoms with Crippen LogP contribution in [-0.4, -0.2) is 51.2 Å². The number of esters is 1. The zero-order chi connectivity index (χ0) is 33.7. The Labute approximate surface area is 267 Å². The molecular formula is C35H40F3NO7. The predicted molar refractivity (Wildman–Crippen MR) is 166 cm³/mol. The maximum absolute atomic E-state index is 14.7. The highest BCUT2D eigenvalue weighted by Gasteiger charge is 2.64. The molecule has 0 aromatic heterocycles. The number of carbonyl (C=O) groups is 2. The number of benzene rings is 3. The van der Waals surface area contributed by atoms with Gasteiger partial charge in [-0.1, -0.05) is 93.2 Å². The summed E-state index contributed by atoms with van der Waals surface area (Å²) < 4.78 is 71.1. The van der Waals surface area contributed by atoms with Crippen molar-refractivity contribution in [3.63, 3.8) is 0 Å². The number of alkyl halides is 3. The first-order valence-corrected chi connectivity index (χ1v) is 14.6. The minimum Gasteiger partial charge on any atom is -0.497 e. The van der Waals surface area contributed by atoms with Crippen molar-refractivity contribution < 1.29 is 46.4 Å². The Bertz CT molecular complexity index is 1400. The topological polar surface area (TPSA) is 92.3 Å². The molecular weight excluding hydrogens is 603 g/mol. The zero-order valence-corrected chi connectivity index (χ0v) is 26.3. The lowest BCUT2D eigenvalue weighted by molar-refractivity contribution is -0.278. The quantitative estimate of drug-likeness (QED) is 0.131. The van der Waals surface area contributed by atoms with Crippen LogP contribution in [0.25, 0.3) is 0 Å². The molecule has 3 atom stereocenters. The van der Waals surface area contributed by atoms with Gasteiger partial charge in [-0.2, -0.15) is 13.2 Å². The molecule has 1 N–H and O–H groups in total. The molecule has 0 aliphatic rings. The van der Waals surface area contributed by atoms with E-state index in [0.717, 1.165) is 30.4 Å². The molecule has 0 radical (unpaired) electrons. The molecule has 3 rings (SSSR count). The average Bonchev–Trinajstić information content (AvgIpc) is 3.03. The summed E-state index contributed by atoms with van der Waals surface area (Å²) in [7, 11) is 2.33. The van der Waals surface area contributed by atoms with Gasteiger partial charge in [0, 0.05) is 12.7 Å². The maximum Gasteiger partial charge on any atom is 0.432 e. The van der Waals surface area contributed by atoms with E-state index in [2.05, 4.69) is 11.9 Å². The van der Waals surface area contributed by atoms with Gasteiger partial charge in [0.15, 0.2) is 0 Å². The van der Waals surface area contributed by atoms with Crippen LogP contribution < -0.4 is 10.1 Å². The summed E-state index contributed by atoms with van der Waals surface area (Å²) in [6.07, 6.45) is -7.30. The van der Waals surface area contributed by atoms with Crippen LogP contribution in [0.4, 0.5) is 18.0 Å². The molecule has 1 amide bonds. The summed E-state index contributed by atoms with van der Waals surface area (Å²) >= 11 is 0. The summed E-state index contributed by atoms with van der Waals surface area (Å²) in [4.78, 5) is 26.7. The van der Waals surface area contributed by atoms with E-state index in [1.165, 1.54) is 18.2 Å². The first-order valence-electron chi connectivity index (χ1n) is 14.6. The van der Waals surface area contributed by atoms with Gasteiger partial charge in [-0.05, 0) is 41.2 Å². The van der Waals surface area contributed by atoms with Crippen molar-refractivity contribution in [2.75, 3.05) is 20.8 Å². The van der Waals surface area contributed by atoms with Gasteiger partial charge in [0.05, 0.1) is 26.4 Å². The smallest absolute Gasteiger partial charge is 0.432 e. The molecule has 0 aliphatic carbocycles. The number of rotatable bonds is 16. The number of methoxy groups -OCH3 is 2. The van der Waals surface area contributed by atoms with Crippen molar-refractivity contribution >= 4 is 12.1 Å².